The minimum Gasteiger partial charge on any atom is -0.487 e. The zero-order valence-corrected chi connectivity index (χ0v) is 7.45. The lowest BCUT2D eigenvalue weighted by atomic mass is 10.3. The van der Waals surface area contributed by atoms with E-state index in [0.717, 1.165) is 12.8 Å². The molecule has 1 saturated carbocycles. The first-order valence-electron chi connectivity index (χ1n) is 4.46. The van der Waals surface area contributed by atoms with E-state index >= 15 is 0 Å². The first-order chi connectivity index (χ1) is 6.75. The molecule has 0 aromatic heterocycles. The number of halogens is 2. The van der Waals surface area contributed by atoms with E-state index in [1.165, 1.54) is 6.07 Å². The summed E-state index contributed by atoms with van der Waals surface area (Å²) in [7, 11) is 0. The summed E-state index contributed by atoms with van der Waals surface area (Å²) in [4.78, 5) is 0. The first-order valence-corrected chi connectivity index (χ1v) is 4.46. The van der Waals surface area contributed by atoms with Crippen molar-refractivity contribution in [2.75, 3.05) is 0 Å². The molecule has 1 fully saturated rings. The number of rotatable bonds is 4. The van der Waals surface area contributed by atoms with E-state index < -0.39 is 6.61 Å². The van der Waals surface area contributed by atoms with Gasteiger partial charge in [0, 0.05) is 0 Å². The van der Waals surface area contributed by atoms with Crippen LogP contribution in [0, 0.1) is 0 Å². The van der Waals surface area contributed by atoms with Gasteiger partial charge < -0.3 is 9.47 Å². The summed E-state index contributed by atoms with van der Waals surface area (Å²) < 4.78 is 33.7. The molecule has 0 aliphatic heterocycles. The molecule has 0 radical (unpaired) electrons. The lowest BCUT2D eigenvalue weighted by molar-refractivity contribution is -0.0516. The second kappa shape index (κ2) is 3.82. The quantitative estimate of drug-likeness (QED) is 0.744. The van der Waals surface area contributed by atoms with Crippen LogP contribution >= 0.6 is 0 Å². The molecule has 1 aliphatic carbocycles. The van der Waals surface area contributed by atoms with Gasteiger partial charge >= 0.3 is 6.61 Å². The summed E-state index contributed by atoms with van der Waals surface area (Å²) in [6.07, 6.45) is 2.16. The highest BCUT2D eigenvalue weighted by Crippen LogP contribution is 2.33. The van der Waals surface area contributed by atoms with Gasteiger partial charge in [-0.25, -0.2) is 0 Å². The van der Waals surface area contributed by atoms with E-state index in [2.05, 4.69) is 4.74 Å². The van der Waals surface area contributed by atoms with E-state index in [9.17, 15) is 8.78 Å². The molecule has 0 heterocycles. The molecule has 1 aromatic rings. The van der Waals surface area contributed by atoms with Gasteiger partial charge in [-0.15, -0.1) is 0 Å². The maximum Gasteiger partial charge on any atom is 0.387 e. The molecule has 0 amide bonds. The molecule has 76 valence electrons. The Morgan fingerprint density at radius 1 is 1.14 bits per heavy atom. The van der Waals surface area contributed by atoms with E-state index in [0.29, 0.717) is 5.75 Å². The number of benzene rings is 1. The molecule has 4 heteroatoms. The third-order valence-electron chi connectivity index (χ3n) is 1.88. The highest BCUT2D eigenvalue weighted by Gasteiger charge is 2.25. The third-order valence-corrected chi connectivity index (χ3v) is 1.88. The normalized spacial score (nSPS) is 15.6. The molecular formula is C10H10F2O2. The topological polar surface area (TPSA) is 18.5 Å². The fourth-order valence-electron chi connectivity index (χ4n) is 1.11. The molecule has 0 atom stereocenters. The lowest BCUT2D eigenvalue weighted by Gasteiger charge is -2.10. The Balaban J connectivity index is 2.10. The van der Waals surface area contributed by atoms with Gasteiger partial charge in [0.2, 0.25) is 0 Å². The van der Waals surface area contributed by atoms with Crippen molar-refractivity contribution in [3.8, 4) is 11.5 Å². The van der Waals surface area contributed by atoms with Gasteiger partial charge in [-0.3, -0.25) is 0 Å². The average molecular weight is 200 g/mol. The van der Waals surface area contributed by atoms with E-state index in [1.807, 2.05) is 0 Å². The maximum atomic E-state index is 12.0. The highest BCUT2D eigenvalue weighted by atomic mass is 19.3. The van der Waals surface area contributed by atoms with Crippen LogP contribution in [0.1, 0.15) is 12.8 Å². The Kier molecular flexibility index (Phi) is 2.52. The number of ether oxygens (including phenoxy) is 2. The maximum absolute atomic E-state index is 12.0. The van der Waals surface area contributed by atoms with Gasteiger partial charge in [-0.1, -0.05) is 12.1 Å². The van der Waals surface area contributed by atoms with E-state index in [4.69, 9.17) is 4.74 Å². The van der Waals surface area contributed by atoms with Crippen molar-refractivity contribution >= 4 is 0 Å². The van der Waals surface area contributed by atoms with Crippen molar-refractivity contribution < 1.29 is 18.3 Å². The van der Waals surface area contributed by atoms with Crippen LogP contribution in [-0.2, 0) is 0 Å². The highest BCUT2D eigenvalue weighted by molar-refractivity contribution is 5.39. The van der Waals surface area contributed by atoms with Gasteiger partial charge in [-0.2, -0.15) is 8.78 Å². The summed E-state index contributed by atoms with van der Waals surface area (Å²) in [5.74, 6) is 0.504. The molecule has 2 rings (SSSR count). The van der Waals surface area contributed by atoms with Crippen LogP contribution in [0.15, 0.2) is 24.3 Å². The van der Waals surface area contributed by atoms with Crippen LogP contribution in [0.3, 0.4) is 0 Å². The van der Waals surface area contributed by atoms with Crippen LogP contribution in [0.5, 0.6) is 11.5 Å². The molecule has 1 aliphatic rings. The smallest absolute Gasteiger partial charge is 0.387 e. The third kappa shape index (κ3) is 2.34. The van der Waals surface area contributed by atoms with E-state index in [1.54, 1.807) is 18.2 Å². The minimum absolute atomic E-state index is 0.106. The molecule has 0 bridgehead atoms. The number of hydrogen-bond donors (Lipinski definition) is 0. The SMILES string of the molecule is FC(F)Oc1ccccc1OC1CC1. The van der Waals surface area contributed by atoms with Gasteiger partial charge in [0.05, 0.1) is 6.10 Å². The summed E-state index contributed by atoms with van der Waals surface area (Å²) in [5.41, 5.74) is 0. The van der Waals surface area contributed by atoms with Gasteiger partial charge in [0.25, 0.3) is 0 Å². The van der Waals surface area contributed by atoms with Crippen molar-refractivity contribution in [1.82, 2.24) is 0 Å². The largest absolute Gasteiger partial charge is 0.487 e. The van der Waals surface area contributed by atoms with Crippen LogP contribution in [0.25, 0.3) is 0 Å². The average Bonchev–Trinajstić information content (AvgIpc) is 2.91. The van der Waals surface area contributed by atoms with Crippen molar-refractivity contribution in [3.63, 3.8) is 0 Å². The molecule has 0 saturated heterocycles. The predicted molar refractivity (Wildman–Crippen MR) is 46.7 cm³/mol. The van der Waals surface area contributed by atoms with Crippen LogP contribution < -0.4 is 9.47 Å². The molecular weight excluding hydrogens is 190 g/mol. The number of para-hydroxylation sites is 2. The second-order valence-corrected chi connectivity index (χ2v) is 3.14. The Bertz CT molecular complexity index is 288. The van der Waals surface area contributed by atoms with Crippen LogP contribution in [-0.4, -0.2) is 12.7 Å². The molecule has 0 N–H and O–H groups in total. The zero-order valence-electron chi connectivity index (χ0n) is 7.45. The van der Waals surface area contributed by atoms with Crippen molar-refractivity contribution in [1.29, 1.82) is 0 Å². The lowest BCUT2D eigenvalue weighted by Crippen LogP contribution is -2.05. The summed E-state index contributed by atoms with van der Waals surface area (Å²) in [6, 6.07) is 6.48. The molecule has 0 spiro atoms. The van der Waals surface area contributed by atoms with Crippen LogP contribution in [0.4, 0.5) is 8.78 Å². The van der Waals surface area contributed by atoms with Gasteiger partial charge in [-0.05, 0) is 25.0 Å². The minimum atomic E-state index is -2.81. The van der Waals surface area contributed by atoms with Gasteiger partial charge in [0.15, 0.2) is 11.5 Å². The Morgan fingerprint density at radius 2 is 1.79 bits per heavy atom. The summed E-state index contributed by atoms with van der Waals surface area (Å²) in [6.45, 7) is -2.81. The Morgan fingerprint density at radius 3 is 2.36 bits per heavy atom. The molecule has 0 unspecified atom stereocenters. The number of alkyl halides is 2. The summed E-state index contributed by atoms with van der Waals surface area (Å²) in [5, 5.41) is 0. The standard InChI is InChI=1S/C10H10F2O2/c11-10(12)14-9-4-2-1-3-8(9)13-7-5-6-7/h1-4,7,10H,5-6H2. The fraction of sp³-hybridized carbons (Fsp3) is 0.400. The summed E-state index contributed by atoms with van der Waals surface area (Å²) >= 11 is 0. The predicted octanol–water partition coefficient (Wildman–Crippen LogP) is 2.83. The monoisotopic (exact) mass is 200 g/mol. The number of hydrogen-bond acceptors (Lipinski definition) is 2. The van der Waals surface area contributed by atoms with E-state index in [-0.39, 0.29) is 11.9 Å². The Hall–Kier alpha value is -1.32. The van der Waals surface area contributed by atoms with Crippen molar-refractivity contribution in [2.45, 2.75) is 25.6 Å². The fourth-order valence-corrected chi connectivity index (χ4v) is 1.11. The van der Waals surface area contributed by atoms with Gasteiger partial charge in [0.1, 0.15) is 0 Å². The molecule has 1 aromatic carbocycles. The zero-order chi connectivity index (χ0) is 9.97. The Labute approximate surface area is 80.4 Å². The van der Waals surface area contributed by atoms with Crippen molar-refractivity contribution in [2.24, 2.45) is 0 Å². The first kappa shape index (κ1) is 9.24. The second-order valence-electron chi connectivity index (χ2n) is 3.14. The van der Waals surface area contributed by atoms with Crippen LogP contribution in [0.2, 0.25) is 0 Å². The van der Waals surface area contributed by atoms with Crippen molar-refractivity contribution in [3.05, 3.63) is 24.3 Å². The molecule has 2 nitrogen and oxygen atoms in total. The molecule has 14 heavy (non-hydrogen) atoms.